The molecule has 1 aromatic rings. The molecule has 76 valence electrons. The van der Waals surface area contributed by atoms with Crippen LogP contribution in [0.4, 0.5) is 11.4 Å². The molecule has 0 atom stereocenters. The Morgan fingerprint density at radius 2 is 1.86 bits per heavy atom. The number of hydrogen-bond donors (Lipinski definition) is 1. The summed E-state index contributed by atoms with van der Waals surface area (Å²) in [4.78, 5) is 2.34. The Morgan fingerprint density at radius 3 is 2.50 bits per heavy atom. The van der Waals surface area contributed by atoms with E-state index >= 15 is 0 Å². The van der Waals surface area contributed by atoms with E-state index in [-0.39, 0.29) is 0 Å². The Balaban J connectivity index is 2.22. The molecule has 3 heteroatoms. The van der Waals surface area contributed by atoms with Crippen molar-refractivity contribution in [3.05, 3.63) is 23.2 Å². The van der Waals surface area contributed by atoms with Crippen LogP contribution in [-0.4, -0.2) is 13.1 Å². The number of nitrogen functional groups attached to an aromatic ring is 1. The van der Waals surface area contributed by atoms with Gasteiger partial charge in [0.1, 0.15) is 0 Å². The van der Waals surface area contributed by atoms with Crippen LogP contribution >= 0.6 is 11.6 Å². The quantitative estimate of drug-likeness (QED) is 0.723. The van der Waals surface area contributed by atoms with Gasteiger partial charge in [-0.3, -0.25) is 0 Å². The highest BCUT2D eigenvalue weighted by Gasteiger charge is 2.13. The van der Waals surface area contributed by atoms with Gasteiger partial charge in [0.2, 0.25) is 0 Å². The van der Waals surface area contributed by atoms with Crippen molar-refractivity contribution in [2.45, 2.75) is 19.3 Å². The molecule has 0 saturated carbocycles. The predicted molar refractivity (Wildman–Crippen MR) is 61.9 cm³/mol. The molecule has 1 fully saturated rings. The second kappa shape index (κ2) is 4.09. The molecule has 1 heterocycles. The molecule has 2 nitrogen and oxygen atoms in total. The van der Waals surface area contributed by atoms with E-state index in [1.54, 1.807) is 0 Å². The summed E-state index contributed by atoms with van der Waals surface area (Å²) in [5, 5.41) is 0.770. The van der Waals surface area contributed by atoms with Crippen LogP contribution in [-0.2, 0) is 0 Å². The van der Waals surface area contributed by atoms with Crippen molar-refractivity contribution in [1.29, 1.82) is 0 Å². The summed E-state index contributed by atoms with van der Waals surface area (Å²) in [5.41, 5.74) is 7.51. The van der Waals surface area contributed by atoms with Crippen LogP contribution in [0.1, 0.15) is 19.3 Å². The Labute approximate surface area is 89.7 Å². The molecule has 0 amide bonds. The van der Waals surface area contributed by atoms with Crippen molar-refractivity contribution in [2.24, 2.45) is 0 Å². The van der Waals surface area contributed by atoms with Crippen LogP contribution in [0.2, 0.25) is 5.02 Å². The highest BCUT2D eigenvalue weighted by Crippen LogP contribution is 2.29. The van der Waals surface area contributed by atoms with Gasteiger partial charge in [0, 0.05) is 18.8 Å². The molecule has 0 bridgehead atoms. The summed E-state index contributed by atoms with van der Waals surface area (Å²) in [6.45, 7) is 2.23. The number of nitrogens with zero attached hydrogens (tertiary/aromatic N) is 1. The van der Waals surface area contributed by atoms with Crippen LogP contribution in [0.15, 0.2) is 18.2 Å². The van der Waals surface area contributed by atoms with Crippen molar-refractivity contribution < 1.29 is 0 Å². The zero-order chi connectivity index (χ0) is 9.97. The predicted octanol–water partition coefficient (Wildman–Crippen LogP) is 2.91. The highest BCUT2D eigenvalue weighted by atomic mass is 35.5. The lowest BCUT2D eigenvalue weighted by molar-refractivity contribution is 0.578. The molecule has 1 aliphatic rings. The van der Waals surface area contributed by atoms with Gasteiger partial charge in [-0.2, -0.15) is 0 Å². The number of hydrogen-bond acceptors (Lipinski definition) is 2. The van der Waals surface area contributed by atoms with Gasteiger partial charge < -0.3 is 10.6 Å². The molecule has 1 aromatic carbocycles. The fourth-order valence-corrected chi connectivity index (χ4v) is 2.22. The third kappa shape index (κ3) is 1.95. The van der Waals surface area contributed by atoms with E-state index in [2.05, 4.69) is 4.90 Å². The largest absolute Gasteiger partial charge is 0.399 e. The zero-order valence-electron chi connectivity index (χ0n) is 8.17. The van der Waals surface area contributed by atoms with Crippen LogP contribution in [0.5, 0.6) is 0 Å². The second-order valence-corrected chi connectivity index (χ2v) is 4.17. The lowest BCUT2D eigenvalue weighted by Crippen LogP contribution is -2.29. The lowest BCUT2D eigenvalue weighted by Gasteiger charge is -2.29. The van der Waals surface area contributed by atoms with Crippen LogP contribution in [0.25, 0.3) is 0 Å². The number of nitrogens with two attached hydrogens (primary N) is 1. The van der Waals surface area contributed by atoms with E-state index in [9.17, 15) is 0 Å². The maximum absolute atomic E-state index is 6.14. The first-order chi connectivity index (χ1) is 6.77. The molecule has 0 unspecified atom stereocenters. The average Bonchev–Trinajstić information content (AvgIpc) is 2.19. The molecule has 0 spiro atoms. The van der Waals surface area contributed by atoms with Crippen molar-refractivity contribution >= 4 is 23.0 Å². The third-order valence-corrected chi connectivity index (χ3v) is 2.97. The van der Waals surface area contributed by atoms with E-state index in [0.717, 1.165) is 29.5 Å². The minimum Gasteiger partial charge on any atom is -0.399 e. The molecule has 2 N–H and O–H groups in total. The van der Waals surface area contributed by atoms with Gasteiger partial charge in [-0.25, -0.2) is 0 Å². The summed E-state index contributed by atoms with van der Waals surface area (Å²) in [6, 6.07) is 5.75. The van der Waals surface area contributed by atoms with Gasteiger partial charge in [0.15, 0.2) is 0 Å². The third-order valence-electron chi connectivity index (χ3n) is 2.67. The Morgan fingerprint density at radius 1 is 1.14 bits per heavy atom. The molecular weight excluding hydrogens is 196 g/mol. The summed E-state index contributed by atoms with van der Waals surface area (Å²) in [7, 11) is 0. The minimum absolute atomic E-state index is 0.732. The normalized spacial score (nSPS) is 17.1. The standard InChI is InChI=1S/C11H15ClN2/c12-10-8-9(13)4-5-11(10)14-6-2-1-3-7-14/h4-5,8H,1-3,6-7,13H2. The minimum atomic E-state index is 0.732. The van der Waals surface area contributed by atoms with Crippen molar-refractivity contribution in [1.82, 2.24) is 0 Å². The van der Waals surface area contributed by atoms with E-state index in [1.807, 2.05) is 18.2 Å². The van der Waals surface area contributed by atoms with Gasteiger partial charge in [-0.05, 0) is 37.5 Å². The SMILES string of the molecule is Nc1ccc(N2CCCCC2)c(Cl)c1. The summed E-state index contributed by atoms with van der Waals surface area (Å²) in [5.74, 6) is 0. The number of rotatable bonds is 1. The first-order valence-electron chi connectivity index (χ1n) is 5.07. The Kier molecular flexibility index (Phi) is 2.82. The molecule has 1 saturated heterocycles. The monoisotopic (exact) mass is 210 g/mol. The fraction of sp³-hybridized carbons (Fsp3) is 0.455. The topological polar surface area (TPSA) is 29.3 Å². The molecular formula is C11H15ClN2. The molecule has 0 radical (unpaired) electrons. The Hall–Kier alpha value is -0.890. The maximum atomic E-state index is 6.14. The van der Waals surface area contributed by atoms with Crippen LogP contribution in [0, 0.1) is 0 Å². The second-order valence-electron chi connectivity index (χ2n) is 3.76. The fourth-order valence-electron chi connectivity index (χ4n) is 1.91. The lowest BCUT2D eigenvalue weighted by atomic mass is 10.1. The molecule has 14 heavy (non-hydrogen) atoms. The van der Waals surface area contributed by atoms with E-state index in [0.29, 0.717) is 0 Å². The number of halogens is 1. The summed E-state index contributed by atoms with van der Waals surface area (Å²) < 4.78 is 0. The van der Waals surface area contributed by atoms with Gasteiger partial charge in [0.05, 0.1) is 10.7 Å². The van der Waals surface area contributed by atoms with Crippen LogP contribution < -0.4 is 10.6 Å². The number of piperidine rings is 1. The molecule has 1 aliphatic heterocycles. The van der Waals surface area contributed by atoms with Crippen molar-refractivity contribution in [3.8, 4) is 0 Å². The smallest absolute Gasteiger partial charge is 0.0660 e. The maximum Gasteiger partial charge on any atom is 0.0660 e. The van der Waals surface area contributed by atoms with Crippen molar-refractivity contribution in [2.75, 3.05) is 23.7 Å². The number of benzene rings is 1. The molecule has 0 aromatic heterocycles. The van der Waals surface area contributed by atoms with E-state index in [4.69, 9.17) is 17.3 Å². The Bertz CT molecular complexity index is 319. The number of anilines is 2. The summed E-state index contributed by atoms with van der Waals surface area (Å²) in [6.07, 6.45) is 3.87. The zero-order valence-corrected chi connectivity index (χ0v) is 8.93. The first-order valence-corrected chi connectivity index (χ1v) is 5.45. The van der Waals surface area contributed by atoms with Gasteiger partial charge in [-0.1, -0.05) is 11.6 Å². The van der Waals surface area contributed by atoms with Gasteiger partial charge in [-0.15, -0.1) is 0 Å². The molecule has 0 aliphatic carbocycles. The molecule has 2 rings (SSSR count). The van der Waals surface area contributed by atoms with Gasteiger partial charge >= 0.3 is 0 Å². The summed E-state index contributed by atoms with van der Waals surface area (Å²) >= 11 is 6.14. The van der Waals surface area contributed by atoms with Crippen LogP contribution in [0.3, 0.4) is 0 Å². The van der Waals surface area contributed by atoms with E-state index in [1.165, 1.54) is 19.3 Å². The van der Waals surface area contributed by atoms with E-state index < -0.39 is 0 Å². The van der Waals surface area contributed by atoms with Crippen molar-refractivity contribution in [3.63, 3.8) is 0 Å². The highest BCUT2D eigenvalue weighted by molar-refractivity contribution is 6.33. The van der Waals surface area contributed by atoms with Gasteiger partial charge in [0.25, 0.3) is 0 Å². The first kappa shape index (κ1) is 9.66. The average molecular weight is 211 g/mol.